The number of anilines is 2. The average molecular weight is 440 g/mol. The monoisotopic (exact) mass is 440 g/mol. The van der Waals surface area contributed by atoms with Gasteiger partial charge in [-0.25, -0.2) is 14.2 Å². The molecule has 1 aliphatic heterocycles. The van der Waals surface area contributed by atoms with Crippen LogP contribution in [-0.2, 0) is 11.8 Å². The molecule has 1 unspecified atom stereocenters. The molecule has 1 aliphatic rings. The minimum atomic E-state index is -1.35. The Bertz CT molecular complexity index is 1250. The zero-order valence-corrected chi connectivity index (χ0v) is 18.2. The maximum absolute atomic E-state index is 14.1. The fraction of sp³-hybridized carbons (Fsp3) is 0.348. The van der Waals surface area contributed by atoms with Crippen LogP contribution in [0.4, 0.5) is 16.0 Å². The van der Waals surface area contributed by atoms with Gasteiger partial charge >= 0.3 is 5.97 Å². The van der Waals surface area contributed by atoms with Crippen LogP contribution >= 0.6 is 0 Å². The van der Waals surface area contributed by atoms with E-state index in [1.165, 1.54) is 12.1 Å². The lowest BCUT2D eigenvalue weighted by Crippen LogP contribution is -2.40. The Balaban J connectivity index is 1.83. The van der Waals surface area contributed by atoms with Crippen molar-refractivity contribution in [2.24, 2.45) is 7.05 Å². The summed E-state index contributed by atoms with van der Waals surface area (Å²) in [6.45, 7) is 6.10. The number of halogens is 1. The van der Waals surface area contributed by atoms with Crippen LogP contribution in [0.5, 0.6) is 0 Å². The Kier molecular flexibility index (Phi) is 5.84. The van der Waals surface area contributed by atoms with Crippen molar-refractivity contribution >= 4 is 28.5 Å². The molecule has 1 saturated heterocycles. The Morgan fingerprint density at radius 3 is 2.69 bits per heavy atom. The third-order valence-electron chi connectivity index (χ3n) is 5.69. The number of carbonyl (C=O) groups is 1. The van der Waals surface area contributed by atoms with Crippen molar-refractivity contribution in [1.82, 2.24) is 9.55 Å². The molecule has 0 bridgehead atoms. The van der Waals surface area contributed by atoms with Gasteiger partial charge in [-0.3, -0.25) is 9.36 Å². The van der Waals surface area contributed by atoms with Crippen LogP contribution in [0.15, 0.2) is 35.1 Å². The molecule has 0 radical (unpaired) electrons. The number of morpholine rings is 1. The standard InChI is InChI=1S/C23H25FN4O4/c1-13-11-15(14(2)25-18-6-4-5-17(24)19(18)22(30)31)20-16(12-13)21(29)27(3)23(26-20)28-7-9-32-10-8-28/h4-6,11-12,14,25H,7-10H2,1-3H3,(H,30,31). The molecule has 1 fully saturated rings. The lowest BCUT2D eigenvalue weighted by molar-refractivity contribution is 0.0693. The second-order valence-corrected chi connectivity index (χ2v) is 7.96. The summed E-state index contributed by atoms with van der Waals surface area (Å²) < 4.78 is 21.1. The van der Waals surface area contributed by atoms with E-state index in [0.29, 0.717) is 43.2 Å². The molecule has 0 spiro atoms. The number of carboxylic acids is 1. The predicted octanol–water partition coefficient (Wildman–Crippen LogP) is 3.09. The van der Waals surface area contributed by atoms with Gasteiger partial charge in [0.25, 0.3) is 5.56 Å². The van der Waals surface area contributed by atoms with E-state index >= 15 is 0 Å². The van der Waals surface area contributed by atoms with Crippen molar-refractivity contribution in [2.45, 2.75) is 19.9 Å². The van der Waals surface area contributed by atoms with Crippen molar-refractivity contribution in [3.63, 3.8) is 0 Å². The van der Waals surface area contributed by atoms with Crippen LogP contribution in [0.2, 0.25) is 0 Å². The first kappa shape index (κ1) is 21.8. The molecular formula is C23H25FN4O4. The number of aromatic nitrogens is 2. The van der Waals surface area contributed by atoms with Crippen LogP contribution in [-0.4, -0.2) is 46.9 Å². The van der Waals surface area contributed by atoms with Crippen molar-refractivity contribution in [3.05, 3.63) is 63.2 Å². The van der Waals surface area contributed by atoms with Gasteiger partial charge in [-0.05, 0) is 37.6 Å². The molecule has 0 saturated carbocycles. The van der Waals surface area contributed by atoms with Gasteiger partial charge in [0, 0.05) is 25.7 Å². The molecule has 2 heterocycles. The molecule has 2 N–H and O–H groups in total. The van der Waals surface area contributed by atoms with Gasteiger partial charge in [-0.15, -0.1) is 0 Å². The van der Waals surface area contributed by atoms with Gasteiger partial charge < -0.3 is 20.1 Å². The van der Waals surface area contributed by atoms with Crippen molar-refractivity contribution in [1.29, 1.82) is 0 Å². The number of ether oxygens (including phenoxy) is 1. The van der Waals surface area contributed by atoms with Crippen LogP contribution in [0.1, 0.15) is 34.5 Å². The van der Waals surface area contributed by atoms with Crippen molar-refractivity contribution < 1.29 is 19.0 Å². The number of hydrogen-bond acceptors (Lipinski definition) is 6. The summed E-state index contributed by atoms with van der Waals surface area (Å²) in [4.78, 5) is 31.6. The van der Waals surface area contributed by atoms with E-state index in [-0.39, 0.29) is 11.2 Å². The molecule has 3 aromatic rings. The number of aryl methyl sites for hydroxylation is 1. The first-order valence-electron chi connectivity index (χ1n) is 10.4. The quantitative estimate of drug-likeness (QED) is 0.629. The molecule has 32 heavy (non-hydrogen) atoms. The number of nitrogens with zero attached hydrogens (tertiary/aromatic N) is 3. The summed E-state index contributed by atoms with van der Waals surface area (Å²) in [5.41, 5.74) is 1.72. The van der Waals surface area contributed by atoms with Gasteiger partial charge in [-0.2, -0.15) is 0 Å². The third kappa shape index (κ3) is 3.91. The summed E-state index contributed by atoms with van der Waals surface area (Å²) in [5.74, 6) is -1.61. The Hall–Kier alpha value is -3.46. The summed E-state index contributed by atoms with van der Waals surface area (Å²) in [5, 5.41) is 13.0. The summed E-state index contributed by atoms with van der Waals surface area (Å²) in [6.07, 6.45) is 0. The summed E-state index contributed by atoms with van der Waals surface area (Å²) in [6, 6.07) is 7.36. The van der Waals surface area contributed by atoms with Crippen molar-refractivity contribution in [3.8, 4) is 0 Å². The second kappa shape index (κ2) is 8.58. The molecule has 0 amide bonds. The van der Waals surface area contributed by atoms with E-state index in [1.807, 2.05) is 24.8 Å². The first-order valence-corrected chi connectivity index (χ1v) is 10.4. The lowest BCUT2D eigenvalue weighted by atomic mass is 10.0. The fourth-order valence-electron chi connectivity index (χ4n) is 4.09. The number of benzene rings is 2. The number of hydrogen-bond donors (Lipinski definition) is 2. The van der Waals surface area contributed by atoms with E-state index in [9.17, 15) is 19.1 Å². The predicted molar refractivity (Wildman–Crippen MR) is 120 cm³/mol. The van der Waals surface area contributed by atoms with Crippen molar-refractivity contribution in [2.75, 3.05) is 36.5 Å². The number of rotatable bonds is 5. The highest BCUT2D eigenvalue weighted by Crippen LogP contribution is 2.29. The maximum atomic E-state index is 14.1. The Morgan fingerprint density at radius 1 is 1.28 bits per heavy atom. The van der Waals surface area contributed by atoms with E-state index in [4.69, 9.17) is 9.72 Å². The van der Waals surface area contributed by atoms with Crippen LogP contribution in [0.3, 0.4) is 0 Å². The Labute approximate surface area is 184 Å². The summed E-state index contributed by atoms with van der Waals surface area (Å²) in [7, 11) is 1.70. The molecule has 4 rings (SSSR count). The highest BCUT2D eigenvalue weighted by atomic mass is 19.1. The van der Waals surface area contributed by atoms with E-state index in [2.05, 4.69) is 5.32 Å². The number of aromatic carboxylic acids is 1. The van der Waals surface area contributed by atoms with Gasteiger partial charge in [-0.1, -0.05) is 12.1 Å². The highest BCUT2D eigenvalue weighted by molar-refractivity contribution is 5.94. The average Bonchev–Trinajstić information content (AvgIpc) is 2.76. The zero-order chi connectivity index (χ0) is 23.0. The second-order valence-electron chi connectivity index (χ2n) is 7.96. The molecular weight excluding hydrogens is 415 g/mol. The lowest BCUT2D eigenvalue weighted by Gasteiger charge is -2.29. The number of nitrogens with one attached hydrogen (secondary N) is 1. The maximum Gasteiger partial charge on any atom is 0.340 e. The van der Waals surface area contributed by atoms with Gasteiger partial charge in [0.2, 0.25) is 5.95 Å². The van der Waals surface area contributed by atoms with Gasteiger partial charge in [0.1, 0.15) is 11.4 Å². The molecule has 9 heteroatoms. The van der Waals surface area contributed by atoms with E-state index < -0.39 is 23.4 Å². The number of carboxylic acid groups (broad SMARTS) is 1. The Morgan fingerprint density at radius 2 is 2.00 bits per heavy atom. The third-order valence-corrected chi connectivity index (χ3v) is 5.69. The molecule has 1 atom stereocenters. The van der Waals surface area contributed by atoms with Gasteiger partial charge in [0.05, 0.1) is 35.8 Å². The molecule has 168 valence electrons. The highest BCUT2D eigenvalue weighted by Gasteiger charge is 2.22. The normalized spacial score (nSPS) is 15.1. The zero-order valence-electron chi connectivity index (χ0n) is 18.2. The minimum Gasteiger partial charge on any atom is -0.478 e. The van der Waals surface area contributed by atoms with Crippen LogP contribution in [0.25, 0.3) is 10.9 Å². The number of fused-ring (bicyclic) bond motifs is 1. The largest absolute Gasteiger partial charge is 0.478 e. The molecule has 8 nitrogen and oxygen atoms in total. The molecule has 0 aliphatic carbocycles. The topological polar surface area (TPSA) is 96.7 Å². The minimum absolute atomic E-state index is 0.161. The molecule has 2 aromatic carbocycles. The smallest absolute Gasteiger partial charge is 0.340 e. The first-order chi connectivity index (χ1) is 15.3. The van der Waals surface area contributed by atoms with E-state index in [1.54, 1.807) is 17.7 Å². The van der Waals surface area contributed by atoms with E-state index in [0.717, 1.165) is 17.2 Å². The fourth-order valence-corrected chi connectivity index (χ4v) is 4.09. The van der Waals surface area contributed by atoms with Gasteiger partial charge in [0.15, 0.2) is 0 Å². The van der Waals surface area contributed by atoms with Crippen LogP contribution < -0.4 is 15.8 Å². The SMILES string of the molecule is Cc1cc(C(C)Nc2cccc(F)c2C(=O)O)c2nc(N3CCOCC3)n(C)c(=O)c2c1. The summed E-state index contributed by atoms with van der Waals surface area (Å²) >= 11 is 0. The molecule has 1 aromatic heterocycles. The van der Waals surface area contributed by atoms with Crippen LogP contribution in [0, 0.1) is 12.7 Å².